The summed E-state index contributed by atoms with van der Waals surface area (Å²) >= 11 is 5.87. The Kier molecular flexibility index (Phi) is 3.29. The van der Waals surface area contributed by atoms with E-state index >= 15 is 0 Å². The van der Waals surface area contributed by atoms with Gasteiger partial charge in [-0.3, -0.25) is 4.79 Å². The number of aromatic nitrogens is 1. The number of fused-ring (bicyclic) bond motifs is 1. The lowest BCUT2D eigenvalue weighted by atomic mass is 10.1. The minimum absolute atomic E-state index is 0.0177. The molecule has 0 saturated carbocycles. The first-order valence-electron chi connectivity index (χ1n) is 5.38. The molecule has 1 unspecified atom stereocenters. The number of hydrogen-bond acceptors (Lipinski definition) is 2. The Morgan fingerprint density at radius 3 is 2.82 bits per heavy atom. The van der Waals surface area contributed by atoms with Gasteiger partial charge in [0.2, 0.25) is 0 Å². The zero-order chi connectivity index (χ0) is 12.4. The van der Waals surface area contributed by atoms with Crippen LogP contribution in [0.5, 0.6) is 0 Å². The summed E-state index contributed by atoms with van der Waals surface area (Å²) in [5, 5.41) is 0.408. The second kappa shape index (κ2) is 4.72. The molecule has 0 radical (unpaired) electrons. The van der Waals surface area contributed by atoms with Gasteiger partial charge in [0.1, 0.15) is 5.15 Å². The van der Waals surface area contributed by atoms with Crippen LogP contribution in [0, 0.1) is 0 Å². The number of nitrogens with zero attached hydrogens (tertiary/aromatic N) is 2. The van der Waals surface area contributed by atoms with Gasteiger partial charge in [0, 0.05) is 6.54 Å². The summed E-state index contributed by atoms with van der Waals surface area (Å²) in [6.07, 6.45) is 4.16. The number of hydrogen-bond donors (Lipinski definition) is 0. The van der Waals surface area contributed by atoms with E-state index in [2.05, 4.69) is 18.1 Å². The summed E-state index contributed by atoms with van der Waals surface area (Å²) in [7, 11) is 0. The van der Waals surface area contributed by atoms with E-state index < -0.39 is 0 Å². The molecule has 1 amide bonds. The largest absolute Gasteiger partial charge is 0.326 e. The quantitative estimate of drug-likeness (QED) is 0.606. The van der Waals surface area contributed by atoms with Crippen LogP contribution < -0.4 is 0 Å². The van der Waals surface area contributed by atoms with Gasteiger partial charge in [0.05, 0.1) is 17.3 Å². The zero-order valence-electron chi connectivity index (χ0n) is 9.40. The summed E-state index contributed by atoms with van der Waals surface area (Å²) < 4.78 is 0. The molecule has 1 aromatic heterocycles. The highest BCUT2D eigenvalue weighted by Crippen LogP contribution is 2.35. The first-order valence-corrected chi connectivity index (χ1v) is 5.76. The second-order valence-corrected chi connectivity index (χ2v) is 4.24. The fourth-order valence-corrected chi connectivity index (χ4v) is 2.23. The molecule has 1 aromatic rings. The fraction of sp³-hybridized carbons (Fsp3) is 0.231. The van der Waals surface area contributed by atoms with Crippen molar-refractivity contribution in [1.29, 1.82) is 0 Å². The molecule has 0 fully saturated rings. The molecular formula is C13H13ClN2O. The minimum atomic E-state index is -0.0771. The van der Waals surface area contributed by atoms with E-state index in [1.54, 1.807) is 29.2 Å². The number of pyridine rings is 1. The van der Waals surface area contributed by atoms with Crippen molar-refractivity contribution in [1.82, 2.24) is 9.88 Å². The molecule has 1 atom stereocenters. The van der Waals surface area contributed by atoms with Crippen LogP contribution in [0.2, 0.25) is 5.15 Å². The van der Waals surface area contributed by atoms with Crippen molar-refractivity contribution in [3.8, 4) is 0 Å². The average molecular weight is 249 g/mol. The third-order valence-corrected chi connectivity index (χ3v) is 3.00. The molecule has 2 rings (SSSR count). The van der Waals surface area contributed by atoms with Crippen molar-refractivity contribution < 1.29 is 4.79 Å². The number of rotatable bonds is 4. The van der Waals surface area contributed by atoms with Crippen LogP contribution in [0.15, 0.2) is 37.4 Å². The topological polar surface area (TPSA) is 33.2 Å². The van der Waals surface area contributed by atoms with E-state index in [4.69, 9.17) is 11.6 Å². The average Bonchev–Trinajstić information content (AvgIpc) is 2.55. The van der Waals surface area contributed by atoms with E-state index in [0.717, 1.165) is 5.69 Å². The third kappa shape index (κ3) is 1.98. The van der Waals surface area contributed by atoms with Gasteiger partial charge >= 0.3 is 0 Å². The smallest absolute Gasteiger partial charge is 0.256 e. The summed E-state index contributed by atoms with van der Waals surface area (Å²) in [6, 6.07) is 3.29. The Balaban J connectivity index is 2.47. The Bertz CT molecular complexity index is 484. The van der Waals surface area contributed by atoms with E-state index in [0.29, 0.717) is 23.7 Å². The van der Waals surface area contributed by atoms with Crippen LogP contribution in [0.4, 0.5) is 0 Å². The van der Waals surface area contributed by atoms with E-state index in [9.17, 15) is 4.79 Å². The zero-order valence-corrected chi connectivity index (χ0v) is 10.2. The van der Waals surface area contributed by atoms with Gasteiger partial charge in [-0.1, -0.05) is 23.8 Å². The van der Waals surface area contributed by atoms with Crippen molar-refractivity contribution in [3.05, 3.63) is 53.9 Å². The first-order chi connectivity index (χ1) is 8.19. The third-order valence-electron chi connectivity index (χ3n) is 2.79. The fourth-order valence-electron chi connectivity index (χ4n) is 2.07. The predicted octanol–water partition coefficient (Wildman–Crippen LogP) is 2.99. The normalized spacial score (nSPS) is 18.1. The summed E-state index contributed by atoms with van der Waals surface area (Å²) in [6.45, 7) is 7.89. The monoisotopic (exact) mass is 248 g/mol. The van der Waals surface area contributed by atoms with Gasteiger partial charge in [0.15, 0.2) is 0 Å². The molecule has 3 nitrogen and oxygen atoms in total. The lowest BCUT2D eigenvalue weighted by molar-refractivity contribution is 0.0748. The van der Waals surface area contributed by atoms with Crippen molar-refractivity contribution >= 4 is 17.5 Å². The molecule has 0 bridgehead atoms. The molecule has 4 heteroatoms. The highest BCUT2D eigenvalue weighted by atomic mass is 35.5. The number of halogens is 1. The molecule has 0 aromatic carbocycles. The van der Waals surface area contributed by atoms with Crippen molar-refractivity contribution in [2.75, 3.05) is 6.54 Å². The Labute approximate surface area is 105 Å². The van der Waals surface area contributed by atoms with Crippen LogP contribution in [0.1, 0.15) is 28.5 Å². The maximum Gasteiger partial charge on any atom is 0.256 e. The predicted molar refractivity (Wildman–Crippen MR) is 68.0 cm³/mol. The van der Waals surface area contributed by atoms with Gasteiger partial charge in [-0.15, -0.1) is 13.2 Å². The lowest BCUT2D eigenvalue weighted by Gasteiger charge is -2.22. The maximum atomic E-state index is 12.1. The molecule has 2 heterocycles. The molecule has 1 aliphatic heterocycles. The molecule has 17 heavy (non-hydrogen) atoms. The molecule has 0 saturated heterocycles. The minimum Gasteiger partial charge on any atom is -0.326 e. The standard InChI is InChI=1S/C13H13ClN2O/c1-3-5-10-12-9(6-7-11(14)15-12)13(17)16(10)8-4-2/h3-4,6-7,10H,1-2,5,8H2. The second-order valence-electron chi connectivity index (χ2n) is 3.85. The highest BCUT2D eigenvalue weighted by Gasteiger charge is 2.36. The maximum absolute atomic E-state index is 12.1. The van der Waals surface area contributed by atoms with Gasteiger partial charge in [-0.2, -0.15) is 0 Å². The van der Waals surface area contributed by atoms with Gasteiger partial charge < -0.3 is 4.90 Å². The summed E-state index contributed by atoms with van der Waals surface area (Å²) in [5.41, 5.74) is 1.37. The van der Waals surface area contributed by atoms with Crippen molar-refractivity contribution in [2.24, 2.45) is 0 Å². The van der Waals surface area contributed by atoms with E-state index in [1.165, 1.54) is 0 Å². The molecule has 1 aliphatic rings. The Hall–Kier alpha value is -1.61. The first kappa shape index (κ1) is 11.9. The molecule has 0 aliphatic carbocycles. The molecule has 0 spiro atoms. The van der Waals surface area contributed by atoms with Crippen LogP contribution in [-0.2, 0) is 0 Å². The van der Waals surface area contributed by atoms with Crippen LogP contribution in [0.3, 0.4) is 0 Å². The summed E-state index contributed by atoms with van der Waals surface area (Å²) in [5.74, 6) is -0.0177. The number of carbonyl (C=O) groups is 1. The highest BCUT2D eigenvalue weighted by molar-refractivity contribution is 6.29. The molecule has 0 N–H and O–H groups in total. The Morgan fingerprint density at radius 1 is 1.41 bits per heavy atom. The molecular weight excluding hydrogens is 236 g/mol. The van der Waals surface area contributed by atoms with Crippen LogP contribution >= 0.6 is 11.6 Å². The number of amides is 1. The van der Waals surface area contributed by atoms with Gasteiger partial charge in [-0.05, 0) is 18.6 Å². The van der Waals surface area contributed by atoms with Crippen molar-refractivity contribution in [2.45, 2.75) is 12.5 Å². The summed E-state index contributed by atoms with van der Waals surface area (Å²) in [4.78, 5) is 18.1. The lowest BCUT2D eigenvalue weighted by Crippen LogP contribution is -2.28. The van der Waals surface area contributed by atoms with E-state index in [1.807, 2.05) is 0 Å². The SMILES string of the molecule is C=CCC1c2nc(Cl)ccc2C(=O)N1CC=C. The van der Waals surface area contributed by atoms with E-state index in [-0.39, 0.29) is 11.9 Å². The van der Waals surface area contributed by atoms with Crippen LogP contribution in [-0.4, -0.2) is 22.3 Å². The Morgan fingerprint density at radius 2 is 2.18 bits per heavy atom. The van der Waals surface area contributed by atoms with Gasteiger partial charge in [0.25, 0.3) is 5.91 Å². The van der Waals surface area contributed by atoms with Crippen molar-refractivity contribution in [3.63, 3.8) is 0 Å². The van der Waals surface area contributed by atoms with Gasteiger partial charge in [-0.25, -0.2) is 4.98 Å². The van der Waals surface area contributed by atoms with Crippen LogP contribution in [0.25, 0.3) is 0 Å². The molecule has 88 valence electrons. The number of carbonyl (C=O) groups excluding carboxylic acids is 1.